The molecule has 8 heteroatoms. The van der Waals surface area contributed by atoms with Crippen molar-refractivity contribution in [3.05, 3.63) is 6.33 Å². The second-order valence-electron chi connectivity index (χ2n) is 4.65. The van der Waals surface area contributed by atoms with Crippen molar-refractivity contribution in [1.29, 1.82) is 0 Å². The molecule has 1 rings (SSSR count). The van der Waals surface area contributed by atoms with Gasteiger partial charge in [-0.05, 0) is 20.3 Å². The van der Waals surface area contributed by atoms with E-state index in [1.807, 2.05) is 25.3 Å². The van der Waals surface area contributed by atoms with Gasteiger partial charge >= 0.3 is 5.97 Å². The highest BCUT2D eigenvalue weighted by Gasteiger charge is 2.19. The normalized spacial score (nSPS) is 12.4. The lowest BCUT2D eigenvalue weighted by Crippen LogP contribution is -2.41. The Kier molecular flexibility index (Phi) is 6.50. The van der Waals surface area contributed by atoms with Gasteiger partial charge in [-0.2, -0.15) is 0 Å². The van der Waals surface area contributed by atoms with Crippen molar-refractivity contribution in [1.82, 2.24) is 20.1 Å². The Balaban J connectivity index is 2.50. The molecule has 1 aromatic rings. The summed E-state index contributed by atoms with van der Waals surface area (Å²) in [6, 6.07) is -0.613. The molecule has 0 bridgehead atoms. The van der Waals surface area contributed by atoms with Crippen molar-refractivity contribution in [3.63, 3.8) is 0 Å². The summed E-state index contributed by atoms with van der Waals surface area (Å²) in [7, 11) is 0. The lowest BCUT2D eigenvalue weighted by atomic mass is 10.2. The van der Waals surface area contributed by atoms with Crippen LogP contribution in [0.3, 0.4) is 0 Å². The van der Waals surface area contributed by atoms with Crippen molar-refractivity contribution >= 4 is 23.6 Å². The lowest BCUT2D eigenvalue weighted by molar-refractivity contribution is -0.141. The van der Waals surface area contributed by atoms with E-state index < -0.39 is 12.0 Å². The molecule has 0 aromatic carbocycles. The van der Waals surface area contributed by atoms with E-state index in [1.165, 1.54) is 11.8 Å². The van der Waals surface area contributed by atoms with Crippen molar-refractivity contribution in [2.24, 2.45) is 0 Å². The van der Waals surface area contributed by atoms with E-state index in [0.29, 0.717) is 18.0 Å². The van der Waals surface area contributed by atoms with Crippen LogP contribution in [0.15, 0.2) is 11.5 Å². The van der Waals surface area contributed by atoms with Crippen LogP contribution in [0.4, 0.5) is 0 Å². The number of carboxylic acid groups (broad SMARTS) is 1. The average molecular weight is 300 g/mol. The summed E-state index contributed by atoms with van der Waals surface area (Å²) in [5.41, 5.74) is 0. The molecule has 0 saturated carbocycles. The fourth-order valence-corrected chi connectivity index (χ4v) is 2.46. The molecule has 0 radical (unpaired) electrons. The number of carboxylic acids is 1. The zero-order valence-corrected chi connectivity index (χ0v) is 12.7. The third-order valence-corrected chi connectivity index (χ3v) is 3.60. The Morgan fingerprint density at radius 3 is 2.75 bits per heavy atom. The first kappa shape index (κ1) is 16.5. The third kappa shape index (κ3) is 4.84. The van der Waals surface area contributed by atoms with Gasteiger partial charge in [0, 0.05) is 6.04 Å². The van der Waals surface area contributed by atoms with Gasteiger partial charge in [-0.15, -0.1) is 10.2 Å². The quantitative estimate of drug-likeness (QED) is 0.703. The maximum atomic E-state index is 11.8. The number of thioether (sulfide) groups is 1. The number of carbonyl (C=O) groups is 2. The largest absolute Gasteiger partial charge is 0.480 e. The van der Waals surface area contributed by atoms with Gasteiger partial charge in [-0.1, -0.05) is 25.1 Å². The van der Waals surface area contributed by atoms with E-state index in [-0.39, 0.29) is 17.7 Å². The Morgan fingerprint density at radius 2 is 2.20 bits per heavy atom. The Hall–Kier alpha value is -1.57. The number of nitrogens with zero attached hydrogens (tertiary/aromatic N) is 3. The van der Waals surface area contributed by atoms with Gasteiger partial charge in [0.25, 0.3) is 0 Å². The number of nitrogens with one attached hydrogen (secondary N) is 1. The van der Waals surface area contributed by atoms with Crippen molar-refractivity contribution in [3.8, 4) is 0 Å². The van der Waals surface area contributed by atoms with E-state index in [2.05, 4.69) is 15.5 Å². The fraction of sp³-hybridized carbons (Fsp3) is 0.667. The zero-order chi connectivity index (χ0) is 15.1. The van der Waals surface area contributed by atoms with Crippen LogP contribution in [-0.4, -0.2) is 43.5 Å². The molecule has 0 fully saturated rings. The molecule has 20 heavy (non-hydrogen) atoms. The van der Waals surface area contributed by atoms with Crippen LogP contribution in [0.2, 0.25) is 0 Å². The SMILES string of the molecule is CCCC(NC(=O)CSc1nncn1C(C)C)C(=O)O. The minimum Gasteiger partial charge on any atom is -0.480 e. The average Bonchev–Trinajstić information content (AvgIpc) is 2.84. The lowest BCUT2D eigenvalue weighted by Gasteiger charge is -2.13. The predicted molar refractivity (Wildman–Crippen MR) is 75.6 cm³/mol. The number of hydrogen-bond acceptors (Lipinski definition) is 5. The van der Waals surface area contributed by atoms with Crippen LogP contribution in [0.1, 0.15) is 39.7 Å². The predicted octanol–water partition coefficient (Wildman–Crippen LogP) is 1.32. The molecular formula is C12H20N4O3S. The van der Waals surface area contributed by atoms with E-state index >= 15 is 0 Å². The molecule has 7 nitrogen and oxygen atoms in total. The molecular weight excluding hydrogens is 280 g/mol. The van der Waals surface area contributed by atoms with Gasteiger partial charge in [-0.25, -0.2) is 4.79 Å². The molecule has 0 aliphatic heterocycles. The molecule has 1 unspecified atom stereocenters. The third-order valence-electron chi connectivity index (χ3n) is 2.64. The van der Waals surface area contributed by atoms with Gasteiger partial charge in [-0.3, -0.25) is 4.79 Å². The number of aliphatic carboxylic acids is 1. The molecule has 0 saturated heterocycles. The number of amides is 1. The molecule has 0 aliphatic rings. The van der Waals surface area contributed by atoms with Crippen LogP contribution >= 0.6 is 11.8 Å². The molecule has 1 amide bonds. The summed E-state index contributed by atoms with van der Waals surface area (Å²) in [4.78, 5) is 22.7. The van der Waals surface area contributed by atoms with Gasteiger partial charge in [0.05, 0.1) is 5.75 Å². The molecule has 112 valence electrons. The van der Waals surface area contributed by atoms with Crippen LogP contribution in [0.5, 0.6) is 0 Å². The fourth-order valence-electron chi connectivity index (χ4n) is 1.60. The summed E-state index contributed by atoms with van der Waals surface area (Å²) >= 11 is 1.25. The molecule has 0 spiro atoms. The Bertz CT molecular complexity index is 461. The highest BCUT2D eigenvalue weighted by molar-refractivity contribution is 7.99. The maximum Gasteiger partial charge on any atom is 0.326 e. The minimum atomic E-state index is -1.00. The topological polar surface area (TPSA) is 97.1 Å². The van der Waals surface area contributed by atoms with E-state index in [4.69, 9.17) is 5.11 Å². The summed E-state index contributed by atoms with van der Waals surface area (Å²) in [5, 5.41) is 19.9. The smallest absolute Gasteiger partial charge is 0.326 e. The first-order valence-corrected chi connectivity index (χ1v) is 7.48. The standard InChI is InChI=1S/C12H20N4O3S/c1-4-5-9(11(18)19)14-10(17)6-20-12-15-13-7-16(12)8(2)3/h7-9H,4-6H2,1-3H3,(H,14,17)(H,18,19). The van der Waals surface area contributed by atoms with Crippen molar-refractivity contribution < 1.29 is 14.7 Å². The molecule has 1 atom stereocenters. The Labute approximate surface area is 122 Å². The van der Waals surface area contributed by atoms with Gasteiger partial charge < -0.3 is 15.0 Å². The first-order chi connectivity index (χ1) is 9.45. The van der Waals surface area contributed by atoms with Crippen molar-refractivity contribution in [2.45, 2.75) is 50.9 Å². The summed E-state index contributed by atoms with van der Waals surface area (Å²) in [6.07, 6.45) is 2.74. The highest BCUT2D eigenvalue weighted by atomic mass is 32.2. The first-order valence-electron chi connectivity index (χ1n) is 6.50. The Morgan fingerprint density at radius 1 is 1.50 bits per heavy atom. The van der Waals surface area contributed by atoms with Gasteiger partial charge in [0.1, 0.15) is 12.4 Å². The van der Waals surface area contributed by atoms with Crippen molar-refractivity contribution in [2.75, 3.05) is 5.75 Å². The van der Waals surface area contributed by atoms with E-state index in [9.17, 15) is 9.59 Å². The number of hydrogen-bond donors (Lipinski definition) is 2. The van der Waals surface area contributed by atoms with E-state index in [0.717, 1.165) is 0 Å². The summed E-state index contributed by atoms with van der Waals surface area (Å²) < 4.78 is 1.86. The summed E-state index contributed by atoms with van der Waals surface area (Å²) in [6.45, 7) is 5.87. The van der Waals surface area contributed by atoms with Gasteiger partial charge in [0.15, 0.2) is 5.16 Å². The minimum absolute atomic E-state index is 0.124. The van der Waals surface area contributed by atoms with Crippen LogP contribution in [0.25, 0.3) is 0 Å². The molecule has 0 aliphatic carbocycles. The number of carbonyl (C=O) groups excluding carboxylic acids is 1. The monoisotopic (exact) mass is 300 g/mol. The zero-order valence-electron chi connectivity index (χ0n) is 11.9. The molecule has 1 aromatic heterocycles. The number of rotatable bonds is 8. The maximum absolute atomic E-state index is 11.8. The summed E-state index contributed by atoms with van der Waals surface area (Å²) in [5.74, 6) is -1.19. The molecule has 2 N–H and O–H groups in total. The molecule has 1 heterocycles. The second-order valence-corrected chi connectivity index (χ2v) is 5.59. The van der Waals surface area contributed by atoms with Gasteiger partial charge in [0.2, 0.25) is 5.91 Å². The number of aromatic nitrogens is 3. The van der Waals surface area contributed by atoms with Crippen LogP contribution in [-0.2, 0) is 9.59 Å². The van der Waals surface area contributed by atoms with Crippen LogP contribution < -0.4 is 5.32 Å². The van der Waals surface area contributed by atoms with Crippen LogP contribution in [0, 0.1) is 0 Å². The highest BCUT2D eigenvalue weighted by Crippen LogP contribution is 2.18. The second kappa shape index (κ2) is 7.88. The van der Waals surface area contributed by atoms with E-state index in [1.54, 1.807) is 6.33 Å².